The Kier molecular flexibility index (Phi) is 7.99. The average molecular weight is 269 g/mol. The zero-order chi connectivity index (χ0) is 14.1. The maximum Gasteiger partial charge on any atom is 0.0829 e. The lowest BCUT2D eigenvalue weighted by molar-refractivity contribution is -0.0535. The van der Waals surface area contributed by atoms with Gasteiger partial charge in [-0.2, -0.15) is 5.26 Å². The quantitative estimate of drug-likeness (QED) is 0.657. The molecule has 1 aliphatic heterocycles. The Morgan fingerprint density at radius 3 is 2.89 bits per heavy atom. The summed E-state index contributed by atoms with van der Waals surface area (Å²) in [7, 11) is 1.71. The highest BCUT2D eigenvalue weighted by molar-refractivity contribution is 4.79. The van der Waals surface area contributed by atoms with Gasteiger partial charge in [0.2, 0.25) is 0 Å². The third-order valence-electron chi connectivity index (χ3n) is 3.51. The average Bonchev–Trinajstić information content (AvgIpc) is 2.42. The van der Waals surface area contributed by atoms with Crippen molar-refractivity contribution in [1.82, 2.24) is 9.80 Å². The van der Waals surface area contributed by atoms with Crippen LogP contribution in [0.15, 0.2) is 0 Å². The van der Waals surface area contributed by atoms with E-state index >= 15 is 0 Å². The molecule has 0 N–H and O–H groups in total. The van der Waals surface area contributed by atoms with Gasteiger partial charge < -0.3 is 9.47 Å². The van der Waals surface area contributed by atoms with Crippen LogP contribution in [0.4, 0.5) is 0 Å². The van der Waals surface area contributed by atoms with Crippen molar-refractivity contribution in [3.05, 3.63) is 0 Å². The molecule has 0 radical (unpaired) electrons. The van der Waals surface area contributed by atoms with Gasteiger partial charge in [-0.05, 0) is 13.8 Å². The molecular formula is C14H27N3O2. The summed E-state index contributed by atoms with van der Waals surface area (Å²) in [4.78, 5) is 4.72. The lowest BCUT2D eigenvalue weighted by atomic mass is 10.2. The first kappa shape index (κ1) is 16.4. The molecule has 5 heteroatoms. The number of rotatable bonds is 8. The summed E-state index contributed by atoms with van der Waals surface area (Å²) < 4.78 is 11.0. The summed E-state index contributed by atoms with van der Waals surface area (Å²) in [6.45, 7) is 10.5. The van der Waals surface area contributed by atoms with Gasteiger partial charge in [-0.25, -0.2) is 0 Å². The highest BCUT2D eigenvalue weighted by Gasteiger charge is 2.23. The van der Waals surface area contributed by atoms with E-state index in [2.05, 4.69) is 29.7 Å². The first-order chi connectivity index (χ1) is 9.17. The molecule has 0 aliphatic carbocycles. The van der Waals surface area contributed by atoms with Crippen LogP contribution in [0.1, 0.15) is 20.3 Å². The molecule has 0 spiro atoms. The van der Waals surface area contributed by atoms with Crippen LogP contribution in [0.3, 0.4) is 0 Å². The molecule has 1 atom stereocenters. The van der Waals surface area contributed by atoms with Gasteiger partial charge in [-0.3, -0.25) is 9.80 Å². The number of methoxy groups -OCH3 is 1. The molecule has 1 fully saturated rings. The molecule has 0 aromatic heterocycles. The fraction of sp³-hybridized carbons (Fsp3) is 0.929. The van der Waals surface area contributed by atoms with Crippen LogP contribution in [-0.4, -0.2) is 75.0 Å². The molecule has 1 aliphatic rings. The second-order valence-electron chi connectivity index (χ2n) is 5.28. The number of nitrogens with zero attached hydrogens (tertiary/aromatic N) is 3. The lowest BCUT2D eigenvalue weighted by Gasteiger charge is -2.37. The molecule has 1 saturated heterocycles. The Labute approximate surface area is 117 Å². The van der Waals surface area contributed by atoms with E-state index in [1.807, 2.05) is 0 Å². The molecule has 0 aromatic rings. The summed E-state index contributed by atoms with van der Waals surface area (Å²) in [6.07, 6.45) is 0.802. The molecule has 0 amide bonds. The van der Waals surface area contributed by atoms with Crippen molar-refractivity contribution >= 4 is 0 Å². The Morgan fingerprint density at radius 2 is 2.26 bits per heavy atom. The van der Waals surface area contributed by atoms with Crippen molar-refractivity contribution in [1.29, 1.82) is 5.26 Å². The minimum absolute atomic E-state index is 0.242. The minimum Gasteiger partial charge on any atom is -0.383 e. The van der Waals surface area contributed by atoms with Crippen LogP contribution in [-0.2, 0) is 9.47 Å². The second kappa shape index (κ2) is 9.27. The van der Waals surface area contributed by atoms with Gasteiger partial charge in [0, 0.05) is 52.3 Å². The van der Waals surface area contributed by atoms with Crippen molar-refractivity contribution in [3.63, 3.8) is 0 Å². The normalized spacial score (nSPS) is 20.9. The monoisotopic (exact) mass is 269 g/mol. The lowest BCUT2D eigenvalue weighted by Crippen LogP contribution is -2.50. The zero-order valence-electron chi connectivity index (χ0n) is 12.5. The molecule has 1 rings (SSSR count). The molecule has 0 bridgehead atoms. The van der Waals surface area contributed by atoms with Crippen LogP contribution in [0.25, 0.3) is 0 Å². The van der Waals surface area contributed by atoms with Gasteiger partial charge in [0.15, 0.2) is 0 Å². The van der Waals surface area contributed by atoms with E-state index < -0.39 is 0 Å². The predicted molar refractivity (Wildman–Crippen MR) is 75.0 cm³/mol. The molecule has 1 heterocycles. The summed E-state index contributed by atoms with van der Waals surface area (Å²) in [6, 6.07) is 2.77. The maximum absolute atomic E-state index is 8.71. The number of nitriles is 1. The molecule has 0 saturated carbocycles. The minimum atomic E-state index is 0.242. The summed E-state index contributed by atoms with van der Waals surface area (Å²) >= 11 is 0. The molecular weight excluding hydrogens is 242 g/mol. The van der Waals surface area contributed by atoms with Crippen LogP contribution in [0, 0.1) is 11.3 Å². The number of hydrogen-bond donors (Lipinski definition) is 0. The Balaban J connectivity index is 2.40. The van der Waals surface area contributed by atoms with Crippen LogP contribution < -0.4 is 0 Å². The van der Waals surface area contributed by atoms with Crippen molar-refractivity contribution in [2.24, 2.45) is 0 Å². The SMILES string of the molecule is COCCN(CCC#N)CC1CN(C(C)C)CCO1. The largest absolute Gasteiger partial charge is 0.383 e. The fourth-order valence-electron chi connectivity index (χ4n) is 2.33. The van der Waals surface area contributed by atoms with E-state index in [0.717, 1.165) is 39.3 Å². The van der Waals surface area contributed by atoms with E-state index in [0.29, 0.717) is 19.1 Å². The van der Waals surface area contributed by atoms with E-state index in [1.165, 1.54) is 0 Å². The summed E-state index contributed by atoms with van der Waals surface area (Å²) in [5, 5.41) is 8.71. The number of morpholine rings is 1. The van der Waals surface area contributed by atoms with E-state index in [-0.39, 0.29) is 6.10 Å². The van der Waals surface area contributed by atoms with Crippen molar-refractivity contribution in [2.45, 2.75) is 32.4 Å². The Bertz CT molecular complexity index is 278. The molecule has 1 unspecified atom stereocenters. The predicted octanol–water partition coefficient (Wildman–Crippen LogP) is 0.958. The van der Waals surface area contributed by atoms with Gasteiger partial charge >= 0.3 is 0 Å². The van der Waals surface area contributed by atoms with E-state index in [1.54, 1.807) is 7.11 Å². The number of ether oxygens (including phenoxy) is 2. The van der Waals surface area contributed by atoms with Gasteiger partial charge in [0.05, 0.1) is 25.4 Å². The first-order valence-electron chi connectivity index (χ1n) is 7.11. The van der Waals surface area contributed by atoms with Crippen molar-refractivity contribution in [2.75, 3.05) is 53.0 Å². The Morgan fingerprint density at radius 1 is 1.47 bits per heavy atom. The summed E-state index contributed by atoms with van der Waals surface area (Å²) in [5.74, 6) is 0. The highest BCUT2D eigenvalue weighted by Crippen LogP contribution is 2.10. The number of hydrogen-bond acceptors (Lipinski definition) is 5. The third-order valence-corrected chi connectivity index (χ3v) is 3.51. The van der Waals surface area contributed by atoms with Crippen molar-refractivity contribution in [3.8, 4) is 6.07 Å². The van der Waals surface area contributed by atoms with Crippen LogP contribution in [0.5, 0.6) is 0 Å². The van der Waals surface area contributed by atoms with Crippen molar-refractivity contribution < 1.29 is 9.47 Å². The van der Waals surface area contributed by atoms with E-state index in [9.17, 15) is 0 Å². The first-order valence-corrected chi connectivity index (χ1v) is 7.11. The molecule has 19 heavy (non-hydrogen) atoms. The standard InChI is InChI=1S/C14H27N3O2/c1-13(2)17-8-10-19-14(12-17)11-16(6-4-5-15)7-9-18-3/h13-14H,4,6-12H2,1-3H3. The topological polar surface area (TPSA) is 48.7 Å². The maximum atomic E-state index is 8.71. The smallest absolute Gasteiger partial charge is 0.0829 e. The van der Waals surface area contributed by atoms with E-state index in [4.69, 9.17) is 14.7 Å². The van der Waals surface area contributed by atoms with Crippen LogP contribution >= 0.6 is 0 Å². The summed E-state index contributed by atoms with van der Waals surface area (Å²) in [5.41, 5.74) is 0. The Hall–Kier alpha value is -0.670. The molecule has 5 nitrogen and oxygen atoms in total. The molecule has 0 aromatic carbocycles. The van der Waals surface area contributed by atoms with Gasteiger partial charge in [0.25, 0.3) is 0 Å². The molecule has 110 valence electrons. The van der Waals surface area contributed by atoms with Gasteiger partial charge in [0.1, 0.15) is 0 Å². The third kappa shape index (κ3) is 6.35. The second-order valence-corrected chi connectivity index (χ2v) is 5.28. The highest BCUT2D eigenvalue weighted by atomic mass is 16.5. The fourth-order valence-corrected chi connectivity index (χ4v) is 2.33. The van der Waals surface area contributed by atoms with Gasteiger partial charge in [-0.15, -0.1) is 0 Å². The zero-order valence-corrected chi connectivity index (χ0v) is 12.5. The van der Waals surface area contributed by atoms with Gasteiger partial charge in [-0.1, -0.05) is 0 Å². The van der Waals surface area contributed by atoms with Crippen LogP contribution in [0.2, 0.25) is 0 Å².